The first kappa shape index (κ1) is 21.2. The number of esters is 1. The quantitative estimate of drug-likeness (QED) is 0.557. The maximum atomic E-state index is 13.0. The van der Waals surface area contributed by atoms with Crippen LogP contribution in [-0.2, 0) is 14.2 Å². The minimum absolute atomic E-state index is 0.0733. The van der Waals surface area contributed by atoms with Gasteiger partial charge in [-0.15, -0.1) is 0 Å². The van der Waals surface area contributed by atoms with Crippen molar-refractivity contribution in [2.24, 2.45) is 0 Å². The van der Waals surface area contributed by atoms with E-state index in [0.717, 1.165) is 12.8 Å². The Labute approximate surface area is 160 Å². The van der Waals surface area contributed by atoms with Crippen LogP contribution in [-0.4, -0.2) is 62.3 Å². The van der Waals surface area contributed by atoms with E-state index >= 15 is 0 Å². The van der Waals surface area contributed by atoms with Crippen molar-refractivity contribution in [1.82, 2.24) is 0 Å². The Balaban J connectivity index is 2.25. The summed E-state index contributed by atoms with van der Waals surface area (Å²) in [5.74, 6) is 0.143. The average Bonchev–Trinajstić information content (AvgIpc) is 3.11. The summed E-state index contributed by atoms with van der Waals surface area (Å²) >= 11 is 0. The van der Waals surface area contributed by atoms with Crippen molar-refractivity contribution in [2.45, 2.75) is 45.4 Å². The molecule has 1 aliphatic heterocycles. The Bertz CT molecular complexity index is 643. The van der Waals surface area contributed by atoms with Gasteiger partial charge in [0.1, 0.15) is 18.0 Å². The second-order valence-corrected chi connectivity index (χ2v) is 7.71. The third-order valence-corrected chi connectivity index (χ3v) is 4.53. The molecule has 1 atom stereocenters. The van der Waals surface area contributed by atoms with Crippen molar-refractivity contribution in [2.75, 3.05) is 33.9 Å². The van der Waals surface area contributed by atoms with Crippen molar-refractivity contribution in [3.8, 4) is 5.75 Å². The molecule has 2 rings (SSSR count). The summed E-state index contributed by atoms with van der Waals surface area (Å²) in [5, 5.41) is 0. The first-order valence-electron chi connectivity index (χ1n) is 9.16. The Kier molecular flexibility index (Phi) is 6.84. The maximum absolute atomic E-state index is 13.0. The SMILES string of the molecule is COCC(Oc1ccc(C(=O)OC)cc1)[N+]1(C(=O)OC(C)(C)C)CCCC1. The zero-order valence-corrected chi connectivity index (χ0v) is 16.8. The van der Waals surface area contributed by atoms with Gasteiger partial charge in [0.2, 0.25) is 0 Å². The number of hydrogen-bond acceptors (Lipinski definition) is 6. The van der Waals surface area contributed by atoms with Gasteiger partial charge in [-0.1, -0.05) is 0 Å². The van der Waals surface area contributed by atoms with Crippen LogP contribution in [0.3, 0.4) is 0 Å². The maximum Gasteiger partial charge on any atom is 0.519 e. The van der Waals surface area contributed by atoms with Crippen LogP contribution < -0.4 is 4.74 Å². The van der Waals surface area contributed by atoms with Gasteiger partial charge in [-0.05, 0) is 45.0 Å². The molecule has 7 nitrogen and oxygen atoms in total. The largest absolute Gasteiger partial charge is 0.519 e. The molecule has 0 aliphatic carbocycles. The molecule has 0 N–H and O–H groups in total. The molecule has 1 unspecified atom stereocenters. The summed E-state index contributed by atoms with van der Waals surface area (Å²) < 4.78 is 22.0. The van der Waals surface area contributed by atoms with Crippen molar-refractivity contribution in [3.05, 3.63) is 29.8 Å². The number of amides is 1. The van der Waals surface area contributed by atoms with Crippen molar-refractivity contribution in [3.63, 3.8) is 0 Å². The standard InChI is InChI=1S/C20H30NO6/c1-20(2,3)27-19(23)21(12-6-7-13-21)17(14-24-4)26-16-10-8-15(9-11-16)18(22)25-5/h8-11,17H,6-7,12-14H2,1-5H3/q+1. The van der Waals surface area contributed by atoms with Crippen molar-refractivity contribution >= 4 is 12.1 Å². The lowest BCUT2D eigenvalue weighted by atomic mass is 10.2. The fourth-order valence-electron chi connectivity index (χ4n) is 3.21. The number of quaternary nitrogens is 1. The third-order valence-electron chi connectivity index (χ3n) is 4.53. The van der Waals surface area contributed by atoms with E-state index in [1.165, 1.54) is 7.11 Å². The predicted octanol–water partition coefficient (Wildman–Crippen LogP) is 3.37. The van der Waals surface area contributed by atoms with Crippen LogP contribution >= 0.6 is 0 Å². The van der Waals surface area contributed by atoms with Gasteiger partial charge >= 0.3 is 12.1 Å². The number of benzene rings is 1. The fourth-order valence-corrected chi connectivity index (χ4v) is 3.21. The van der Waals surface area contributed by atoms with Gasteiger partial charge in [-0.25, -0.2) is 4.79 Å². The predicted molar refractivity (Wildman–Crippen MR) is 99.5 cm³/mol. The van der Waals surface area contributed by atoms with Crippen LogP contribution in [0, 0.1) is 0 Å². The average molecular weight is 380 g/mol. The van der Waals surface area contributed by atoms with Gasteiger partial charge in [-0.3, -0.25) is 0 Å². The van der Waals surface area contributed by atoms with Crippen molar-refractivity contribution in [1.29, 1.82) is 0 Å². The number of carbonyl (C=O) groups is 2. The minimum Gasteiger partial charge on any atom is -0.465 e. The normalized spacial score (nSPS) is 17.2. The number of likely N-dealkylation sites (tertiary alicyclic amines) is 1. The molecule has 0 bridgehead atoms. The molecule has 0 saturated carbocycles. The lowest BCUT2D eigenvalue weighted by Gasteiger charge is -2.38. The van der Waals surface area contributed by atoms with Crippen LogP contribution in [0.25, 0.3) is 0 Å². The summed E-state index contributed by atoms with van der Waals surface area (Å²) in [6.45, 7) is 7.10. The first-order chi connectivity index (χ1) is 12.7. The van der Waals surface area contributed by atoms with Gasteiger partial charge in [0.05, 0.1) is 25.8 Å². The second-order valence-electron chi connectivity index (χ2n) is 7.71. The summed E-state index contributed by atoms with van der Waals surface area (Å²) in [5.41, 5.74) is -0.143. The van der Waals surface area contributed by atoms with Gasteiger partial charge in [0, 0.05) is 20.0 Å². The molecule has 1 aromatic rings. The van der Waals surface area contributed by atoms with Crippen LogP contribution in [0.1, 0.15) is 44.0 Å². The Morgan fingerprint density at radius 2 is 1.67 bits per heavy atom. The summed E-state index contributed by atoms with van der Waals surface area (Å²) in [6.07, 6.45) is 1.01. The monoisotopic (exact) mass is 380 g/mol. The molecule has 1 amide bonds. The highest BCUT2D eigenvalue weighted by atomic mass is 16.6. The molecule has 1 aromatic carbocycles. The second kappa shape index (κ2) is 8.71. The third kappa shape index (κ3) is 5.20. The van der Waals surface area contributed by atoms with Crippen LogP contribution in [0.5, 0.6) is 5.75 Å². The van der Waals surface area contributed by atoms with Gasteiger partial charge in [0.25, 0.3) is 6.23 Å². The number of hydrogen-bond donors (Lipinski definition) is 0. The van der Waals surface area contributed by atoms with Gasteiger partial charge < -0.3 is 18.9 Å². The smallest absolute Gasteiger partial charge is 0.465 e. The zero-order valence-electron chi connectivity index (χ0n) is 16.8. The van der Waals surface area contributed by atoms with Gasteiger partial charge in [-0.2, -0.15) is 9.28 Å². The van der Waals surface area contributed by atoms with E-state index in [9.17, 15) is 9.59 Å². The fraction of sp³-hybridized carbons (Fsp3) is 0.600. The Hall–Kier alpha value is -2.12. The van der Waals surface area contributed by atoms with Crippen LogP contribution in [0.4, 0.5) is 4.79 Å². The van der Waals surface area contributed by atoms with Crippen molar-refractivity contribution < 1.29 is 33.0 Å². The lowest BCUT2D eigenvalue weighted by molar-refractivity contribution is -0.891. The van der Waals surface area contributed by atoms with E-state index in [-0.39, 0.29) is 17.2 Å². The Morgan fingerprint density at radius 3 is 2.15 bits per heavy atom. The molecule has 150 valence electrons. The topological polar surface area (TPSA) is 71.1 Å². The van der Waals surface area contributed by atoms with Gasteiger partial charge in [0.15, 0.2) is 0 Å². The first-order valence-corrected chi connectivity index (χ1v) is 9.16. The molecule has 1 saturated heterocycles. The Morgan fingerprint density at radius 1 is 1.07 bits per heavy atom. The molecular formula is C20H30NO6+. The molecular weight excluding hydrogens is 350 g/mol. The van der Waals surface area contributed by atoms with E-state index in [0.29, 0.717) is 24.4 Å². The molecule has 0 radical (unpaired) electrons. The summed E-state index contributed by atoms with van der Waals surface area (Å²) in [4.78, 5) is 24.6. The highest BCUT2D eigenvalue weighted by Gasteiger charge is 2.51. The number of carbonyl (C=O) groups excluding carboxylic acids is 2. The molecule has 1 fully saturated rings. The van der Waals surface area contributed by atoms with E-state index in [4.69, 9.17) is 18.9 Å². The van der Waals surface area contributed by atoms with E-state index in [2.05, 4.69) is 0 Å². The minimum atomic E-state index is -0.579. The lowest BCUT2D eigenvalue weighted by Crippen LogP contribution is -2.62. The van der Waals surface area contributed by atoms with E-state index < -0.39 is 17.8 Å². The molecule has 7 heteroatoms. The summed E-state index contributed by atoms with van der Waals surface area (Å²) in [7, 11) is 2.92. The number of nitrogens with zero attached hydrogens (tertiary/aromatic N) is 1. The number of rotatable bonds is 6. The van der Waals surface area contributed by atoms with Crippen LogP contribution in [0.15, 0.2) is 24.3 Å². The number of methoxy groups -OCH3 is 2. The van der Waals surface area contributed by atoms with E-state index in [1.807, 2.05) is 20.8 Å². The molecule has 1 heterocycles. The molecule has 0 spiro atoms. The van der Waals surface area contributed by atoms with Crippen LogP contribution in [0.2, 0.25) is 0 Å². The molecule has 27 heavy (non-hydrogen) atoms. The summed E-state index contributed by atoms with van der Waals surface area (Å²) in [6, 6.07) is 6.65. The highest BCUT2D eigenvalue weighted by molar-refractivity contribution is 5.89. The molecule has 0 aromatic heterocycles. The highest BCUT2D eigenvalue weighted by Crippen LogP contribution is 2.30. The van der Waals surface area contributed by atoms with E-state index in [1.54, 1.807) is 31.4 Å². The zero-order chi connectivity index (χ0) is 20.1. The molecule has 1 aliphatic rings. The number of ether oxygens (including phenoxy) is 4.